The summed E-state index contributed by atoms with van der Waals surface area (Å²) in [6, 6.07) is 13.6. The smallest absolute Gasteiger partial charge is 0.322 e. The van der Waals surface area contributed by atoms with Crippen LogP contribution in [0.2, 0.25) is 0 Å². The zero-order valence-corrected chi connectivity index (χ0v) is 17.0. The van der Waals surface area contributed by atoms with E-state index in [1.54, 1.807) is 12.0 Å². The van der Waals surface area contributed by atoms with E-state index in [0.29, 0.717) is 18.7 Å². The standard InChI is InChI=1S/C23H27N3O3/c1-16-9-10-18(15-21(16)26-13-11-24-23(26)28)22(27)25-12-4-3-8-20(25)17-6-5-7-19(14-17)29-2/h5-7,9-10,14-15,20H,3-4,8,11-13H2,1-2H3,(H,24,28). The first-order valence-electron chi connectivity index (χ1n) is 10.2. The van der Waals surface area contributed by atoms with Crippen molar-refractivity contribution >= 4 is 17.6 Å². The lowest BCUT2D eigenvalue weighted by molar-refractivity contribution is 0.0611. The van der Waals surface area contributed by atoms with Crippen molar-refractivity contribution in [1.29, 1.82) is 0 Å². The lowest BCUT2D eigenvalue weighted by atomic mass is 9.94. The number of amides is 3. The van der Waals surface area contributed by atoms with E-state index in [0.717, 1.165) is 48.4 Å². The van der Waals surface area contributed by atoms with Crippen LogP contribution in [0.5, 0.6) is 5.75 Å². The molecule has 2 heterocycles. The van der Waals surface area contributed by atoms with Crippen molar-refractivity contribution in [3.05, 3.63) is 59.2 Å². The average molecular weight is 393 g/mol. The summed E-state index contributed by atoms with van der Waals surface area (Å²) in [5.41, 5.74) is 3.52. The van der Waals surface area contributed by atoms with Crippen LogP contribution in [0.25, 0.3) is 0 Å². The fourth-order valence-electron chi connectivity index (χ4n) is 4.27. The number of ether oxygens (including phenoxy) is 1. The summed E-state index contributed by atoms with van der Waals surface area (Å²) < 4.78 is 5.38. The van der Waals surface area contributed by atoms with Gasteiger partial charge in [-0.05, 0) is 61.6 Å². The van der Waals surface area contributed by atoms with E-state index in [2.05, 4.69) is 11.4 Å². The molecule has 0 aromatic heterocycles. The molecule has 29 heavy (non-hydrogen) atoms. The SMILES string of the molecule is COc1cccc(C2CCCCN2C(=O)c2ccc(C)c(N3CCNC3=O)c2)c1. The molecule has 1 N–H and O–H groups in total. The molecule has 0 spiro atoms. The minimum Gasteiger partial charge on any atom is -0.497 e. The van der Waals surface area contributed by atoms with Crippen LogP contribution in [0.1, 0.15) is 46.8 Å². The maximum atomic E-state index is 13.5. The van der Waals surface area contributed by atoms with Crippen molar-refractivity contribution in [2.75, 3.05) is 31.6 Å². The Hall–Kier alpha value is -3.02. The van der Waals surface area contributed by atoms with Gasteiger partial charge < -0.3 is 15.0 Å². The largest absolute Gasteiger partial charge is 0.497 e. The first-order chi connectivity index (χ1) is 14.1. The molecule has 3 amide bonds. The van der Waals surface area contributed by atoms with E-state index in [-0.39, 0.29) is 18.0 Å². The zero-order chi connectivity index (χ0) is 20.4. The van der Waals surface area contributed by atoms with Crippen LogP contribution < -0.4 is 15.0 Å². The number of nitrogens with zero attached hydrogens (tertiary/aromatic N) is 2. The summed E-state index contributed by atoms with van der Waals surface area (Å²) in [5.74, 6) is 0.816. The van der Waals surface area contributed by atoms with Crippen LogP contribution in [0.3, 0.4) is 0 Å². The summed E-state index contributed by atoms with van der Waals surface area (Å²) in [5, 5.41) is 2.83. The van der Waals surface area contributed by atoms with E-state index in [1.807, 2.05) is 48.2 Å². The van der Waals surface area contributed by atoms with Crippen LogP contribution in [-0.2, 0) is 0 Å². The van der Waals surface area contributed by atoms with Gasteiger partial charge in [-0.25, -0.2) is 4.79 Å². The highest BCUT2D eigenvalue weighted by Crippen LogP contribution is 2.34. The van der Waals surface area contributed by atoms with E-state index in [1.165, 1.54) is 0 Å². The number of piperidine rings is 1. The number of benzene rings is 2. The number of nitrogens with one attached hydrogen (secondary N) is 1. The number of methoxy groups -OCH3 is 1. The lowest BCUT2D eigenvalue weighted by Crippen LogP contribution is -2.38. The number of hydrogen-bond donors (Lipinski definition) is 1. The molecule has 2 aromatic carbocycles. The highest BCUT2D eigenvalue weighted by Gasteiger charge is 2.30. The van der Waals surface area contributed by atoms with Crippen molar-refractivity contribution in [3.8, 4) is 5.75 Å². The first-order valence-corrected chi connectivity index (χ1v) is 10.2. The van der Waals surface area contributed by atoms with E-state index in [9.17, 15) is 9.59 Å². The highest BCUT2D eigenvalue weighted by atomic mass is 16.5. The number of anilines is 1. The third kappa shape index (κ3) is 3.79. The van der Waals surface area contributed by atoms with Gasteiger partial charge in [0.1, 0.15) is 5.75 Å². The van der Waals surface area contributed by atoms with Gasteiger partial charge >= 0.3 is 6.03 Å². The summed E-state index contributed by atoms with van der Waals surface area (Å²) in [4.78, 5) is 29.3. The van der Waals surface area contributed by atoms with Gasteiger partial charge in [0, 0.05) is 30.9 Å². The second kappa shape index (κ2) is 8.15. The molecule has 152 valence electrons. The van der Waals surface area contributed by atoms with Gasteiger partial charge in [0.25, 0.3) is 5.91 Å². The average Bonchev–Trinajstić information content (AvgIpc) is 3.19. The molecule has 0 bridgehead atoms. The molecule has 2 aromatic rings. The highest BCUT2D eigenvalue weighted by molar-refractivity contribution is 5.99. The Morgan fingerprint density at radius 3 is 2.76 bits per heavy atom. The lowest BCUT2D eigenvalue weighted by Gasteiger charge is -2.36. The molecular formula is C23H27N3O3. The minimum absolute atomic E-state index is 0.0124. The molecule has 0 saturated carbocycles. The number of likely N-dealkylation sites (tertiary alicyclic amines) is 1. The number of hydrogen-bond acceptors (Lipinski definition) is 3. The Balaban J connectivity index is 1.64. The topological polar surface area (TPSA) is 61.9 Å². The molecule has 1 atom stereocenters. The number of rotatable bonds is 4. The molecule has 0 aliphatic carbocycles. The Kier molecular flexibility index (Phi) is 5.43. The van der Waals surface area contributed by atoms with E-state index in [4.69, 9.17) is 4.74 Å². The predicted octanol–water partition coefficient (Wildman–Crippen LogP) is 3.90. The Morgan fingerprint density at radius 2 is 2.00 bits per heavy atom. The number of aryl methyl sites for hydroxylation is 1. The maximum Gasteiger partial charge on any atom is 0.322 e. The second-order valence-electron chi connectivity index (χ2n) is 7.67. The molecule has 6 nitrogen and oxygen atoms in total. The van der Waals surface area contributed by atoms with Crippen LogP contribution in [0, 0.1) is 6.92 Å². The number of urea groups is 1. The molecule has 4 rings (SSSR count). The predicted molar refractivity (Wildman–Crippen MR) is 113 cm³/mol. The molecular weight excluding hydrogens is 366 g/mol. The van der Waals surface area contributed by atoms with Gasteiger partial charge in [-0.1, -0.05) is 18.2 Å². The Bertz CT molecular complexity index is 927. The molecule has 1 unspecified atom stereocenters. The zero-order valence-electron chi connectivity index (χ0n) is 17.0. The molecule has 0 radical (unpaired) electrons. The van der Waals surface area contributed by atoms with Crippen molar-refractivity contribution in [1.82, 2.24) is 10.2 Å². The van der Waals surface area contributed by atoms with Crippen LogP contribution in [0.4, 0.5) is 10.5 Å². The Morgan fingerprint density at radius 1 is 1.14 bits per heavy atom. The van der Waals surface area contributed by atoms with Gasteiger partial charge in [0.05, 0.1) is 13.2 Å². The van der Waals surface area contributed by atoms with Crippen molar-refractivity contribution in [2.24, 2.45) is 0 Å². The monoisotopic (exact) mass is 393 g/mol. The van der Waals surface area contributed by atoms with E-state index < -0.39 is 0 Å². The van der Waals surface area contributed by atoms with Crippen molar-refractivity contribution in [2.45, 2.75) is 32.2 Å². The molecule has 2 aliphatic rings. The quantitative estimate of drug-likeness (QED) is 0.857. The van der Waals surface area contributed by atoms with Gasteiger partial charge in [0.15, 0.2) is 0 Å². The summed E-state index contributed by atoms with van der Waals surface area (Å²) in [6.45, 7) is 3.94. The first kappa shape index (κ1) is 19.3. The number of carbonyl (C=O) groups is 2. The third-order valence-electron chi connectivity index (χ3n) is 5.85. The fourth-order valence-corrected chi connectivity index (χ4v) is 4.27. The molecule has 2 fully saturated rings. The molecule has 2 aliphatic heterocycles. The third-order valence-corrected chi connectivity index (χ3v) is 5.85. The van der Waals surface area contributed by atoms with Crippen molar-refractivity contribution < 1.29 is 14.3 Å². The van der Waals surface area contributed by atoms with Gasteiger partial charge in [-0.2, -0.15) is 0 Å². The Labute approximate surface area is 171 Å². The fraction of sp³-hybridized carbons (Fsp3) is 0.391. The normalized spacial score (nSPS) is 19.2. The molecule has 6 heteroatoms. The van der Waals surface area contributed by atoms with E-state index >= 15 is 0 Å². The summed E-state index contributed by atoms with van der Waals surface area (Å²) in [6.07, 6.45) is 3.03. The number of carbonyl (C=O) groups excluding carboxylic acids is 2. The van der Waals surface area contributed by atoms with Crippen molar-refractivity contribution in [3.63, 3.8) is 0 Å². The van der Waals surface area contributed by atoms with Crippen LogP contribution >= 0.6 is 0 Å². The summed E-state index contributed by atoms with van der Waals surface area (Å²) >= 11 is 0. The van der Waals surface area contributed by atoms with Gasteiger partial charge in [0.2, 0.25) is 0 Å². The van der Waals surface area contributed by atoms with Crippen LogP contribution in [0.15, 0.2) is 42.5 Å². The van der Waals surface area contributed by atoms with Crippen LogP contribution in [-0.4, -0.2) is 43.6 Å². The van der Waals surface area contributed by atoms with Gasteiger partial charge in [-0.15, -0.1) is 0 Å². The minimum atomic E-state index is -0.107. The molecule has 2 saturated heterocycles. The van der Waals surface area contributed by atoms with Gasteiger partial charge in [-0.3, -0.25) is 9.69 Å². The summed E-state index contributed by atoms with van der Waals surface area (Å²) in [7, 11) is 1.66. The maximum absolute atomic E-state index is 13.5. The second-order valence-corrected chi connectivity index (χ2v) is 7.67.